The SMILES string of the molecule is COc1ccccc1OC(=O)CCc1cccnc1. The number of rotatable bonds is 5. The summed E-state index contributed by atoms with van der Waals surface area (Å²) in [5, 5.41) is 0. The fourth-order valence-electron chi connectivity index (χ4n) is 1.67. The minimum Gasteiger partial charge on any atom is -0.493 e. The molecular weight excluding hydrogens is 242 g/mol. The molecule has 0 spiro atoms. The smallest absolute Gasteiger partial charge is 0.311 e. The maximum Gasteiger partial charge on any atom is 0.311 e. The summed E-state index contributed by atoms with van der Waals surface area (Å²) in [6.07, 6.45) is 4.37. The summed E-state index contributed by atoms with van der Waals surface area (Å²) < 4.78 is 10.4. The predicted molar refractivity (Wildman–Crippen MR) is 71.2 cm³/mol. The molecule has 0 saturated heterocycles. The van der Waals surface area contributed by atoms with E-state index in [1.807, 2.05) is 18.2 Å². The number of hydrogen-bond acceptors (Lipinski definition) is 4. The van der Waals surface area contributed by atoms with Gasteiger partial charge in [0, 0.05) is 12.4 Å². The summed E-state index contributed by atoms with van der Waals surface area (Å²) >= 11 is 0. The fraction of sp³-hybridized carbons (Fsp3) is 0.200. The molecule has 1 aromatic carbocycles. The Morgan fingerprint density at radius 3 is 2.63 bits per heavy atom. The summed E-state index contributed by atoms with van der Waals surface area (Å²) in [7, 11) is 1.54. The van der Waals surface area contributed by atoms with Crippen molar-refractivity contribution >= 4 is 5.97 Å². The number of benzene rings is 1. The Bertz CT molecular complexity index is 540. The average molecular weight is 257 g/mol. The second-order valence-corrected chi connectivity index (χ2v) is 3.99. The number of ether oxygens (including phenoxy) is 2. The van der Waals surface area contributed by atoms with Crippen LogP contribution in [0.1, 0.15) is 12.0 Å². The lowest BCUT2D eigenvalue weighted by Gasteiger charge is -2.08. The third kappa shape index (κ3) is 3.81. The molecule has 98 valence electrons. The van der Waals surface area contributed by atoms with Gasteiger partial charge in [0.1, 0.15) is 0 Å². The van der Waals surface area contributed by atoms with Crippen molar-refractivity contribution in [1.82, 2.24) is 4.98 Å². The monoisotopic (exact) mass is 257 g/mol. The largest absolute Gasteiger partial charge is 0.493 e. The Morgan fingerprint density at radius 1 is 1.16 bits per heavy atom. The number of carbonyl (C=O) groups excluding carboxylic acids is 1. The Hall–Kier alpha value is -2.36. The van der Waals surface area contributed by atoms with Gasteiger partial charge >= 0.3 is 5.97 Å². The zero-order valence-corrected chi connectivity index (χ0v) is 10.7. The highest BCUT2D eigenvalue weighted by Crippen LogP contribution is 2.26. The number of aryl methyl sites for hydroxylation is 1. The lowest BCUT2D eigenvalue weighted by atomic mass is 10.2. The van der Waals surface area contributed by atoms with E-state index >= 15 is 0 Å². The van der Waals surface area contributed by atoms with Gasteiger partial charge in [-0.25, -0.2) is 0 Å². The van der Waals surface area contributed by atoms with Gasteiger partial charge in [-0.05, 0) is 30.2 Å². The van der Waals surface area contributed by atoms with Gasteiger partial charge in [0.15, 0.2) is 11.5 Å². The van der Waals surface area contributed by atoms with Crippen LogP contribution in [0.25, 0.3) is 0 Å². The molecule has 1 aromatic heterocycles. The molecule has 0 bridgehead atoms. The first kappa shape index (κ1) is 13.1. The van der Waals surface area contributed by atoms with Crippen LogP contribution in [-0.4, -0.2) is 18.1 Å². The van der Waals surface area contributed by atoms with E-state index in [0.29, 0.717) is 24.3 Å². The van der Waals surface area contributed by atoms with Crippen molar-refractivity contribution in [1.29, 1.82) is 0 Å². The molecule has 0 fully saturated rings. The molecular formula is C15H15NO3. The summed E-state index contributed by atoms with van der Waals surface area (Å²) in [4.78, 5) is 15.8. The Morgan fingerprint density at radius 2 is 1.95 bits per heavy atom. The van der Waals surface area contributed by atoms with Crippen LogP contribution >= 0.6 is 0 Å². The summed E-state index contributed by atoms with van der Waals surface area (Å²) in [5.41, 5.74) is 1.01. The van der Waals surface area contributed by atoms with E-state index in [-0.39, 0.29) is 5.97 Å². The van der Waals surface area contributed by atoms with Crippen molar-refractivity contribution < 1.29 is 14.3 Å². The second-order valence-electron chi connectivity index (χ2n) is 3.99. The molecule has 0 aliphatic rings. The third-order valence-electron chi connectivity index (χ3n) is 2.63. The van der Waals surface area contributed by atoms with Gasteiger partial charge in [-0.1, -0.05) is 18.2 Å². The second kappa shape index (κ2) is 6.54. The molecule has 0 radical (unpaired) electrons. The molecule has 4 nitrogen and oxygen atoms in total. The van der Waals surface area contributed by atoms with E-state index < -0.39 is 0 Å². The standard InChI is InChI=1S/C15H15NO3/c1-18-13-6-2-3-7-14(13)19-15(17)9-8-12-5-4-10-16-11-12/h2-7,10-11H,8-9H2,1H3. The van der Waals surface area contributed by atoms with Crippen LogP contribution in [0.15, 0.2) is 48.8 Å². The number of aromatic nitrogens is 1. The van der Waals surface area contributed by atoms with Crippen molar-refractivity contribution in [2.24, 2.45) is 0 Å². The van der Waals surface area contributed by atoms with Gasteiger partial charge in [-0.15, -0.1) is 0 Å². The quantitative estimate of drug-likeness (QED) is 0.610. The first-order valence-electron chi connectivity index (χ1n) is 6.02. The molecule has 0 aliphatic heterocycles. The average Bonchev–Trinajstić information content (AvgIpc) is 2.47. The molecule has 19 heavy (non-hydrogen) atoms. The molecule has 2 aromatic rings. The Labute approximate surface area is 112 Å². The van der Waals surface area contributed by atoms with Crippen molar-refractivity contribution in [2.45, 2.75) is 12.8 Å². The summed E-state index contributed by atoms with van der Waals surface area (Å²) in [6.45, 7) is 0. The number of carbonyl (C=O) groups is 1. The van der Waals surface area contributed by atoms with E-state index in [2.05, 4.69) is 4.98 Å². The maximum atomic E-state index is 11.8. The molecule has 0 amide bonds. The molecule has 4 heteroatoms. The van der Waals surface area contributed by atoms with Crippen LogP contribution < -0.4 is 9.47 Å². The molecule has 0 saturated carbocycles. The highest BCUT2D eigenvalue weighted by molar-refractivity contribution is 5.73. The number of esters is 1. The molecule has 1 heterocycles. The zero-order valence-electron chi connectivity index (χ0n) is 10.7. The first-order valence-corrected chi connectivity index (χ1v) is 6.02. The number of hydrogen-bond donors (Lipinski definition) is 0. The van der Waals surface area contributed by atoms with Crippen LogP contribution in [0.5, 0.6) is 11.5 Å². The van der Waals surface area contributed by atoms with Gasteiger partial charge in [0.2, 0.25) is 0 Å². The van der Waals surface area contributed by atoms with Crippen molar-refractivity contribution in [3.05, 3.63) is 54.4 Å². The normalized spacial score (nSPS) is 9.95. The minimum atomic E-state index is -0.284. The third-order valence-corrected chi connectivity index (χ3v) is 2.63. The molecule has 2 rings (SSSR count). The number of para-hydroxylation sites is 2. The topological polar surface area (TPSA) is 48.4 Å². The molecule has 0 unspecified atom stereocenters. The number of nitrogens with zero attached hydrogens (tertiary/aromatic N) is 1. The highest BCUT2D eigenvalue weighted by atomic mass is 16.6. The van der Waals surface area contributed by atoms with Gasteiger partial charge in [0.25, 0.3) is 0 Å². The predicted octanol–water partition coefficient (Wildman–Crippen LogP) is 2.63. The number of pyridine rings is 1. The van der Waals surface area contributed by atoms with Crippen molar-refractivity contribution in [3.8, 4) is 11.5 Å². The highest BCUT2D eigenvalue weighted by Gasteiger charge is 2.09. The van der Waals surface area contributed by atoms with E-state index in [1.165, 1.54) is 0 Å². The fourth-order valence-corrected chi connectivity index (χ4v) is 1.67. The van der Waals surface area contributed by atoms with Gasteiger partial charge in [0.05, 0.1) is 13.5 Å². The lowest BCUT2D eigenvalue weighted by Crippen LogP contribution is -2.09. The first-order chi connectivity index (χ1) is 9.29. The van der Waals surface area contributed by atoms with E-state index in [4.69, 9.17) is 9.47 Å². The van der Waals surface area contributed by atoms with Crippen LogP contribution in [0.4, 0.5) is 0 Å². The summed E-state index contributed by atoms with van der Waals surface area (Å²) in [5.74, 6) is 0.715. The van der Waals surface area contributed by atoms with Crippen molar-refractivity contribution in [3.63, 3.8) is 0 Å². The minimum absolute atomic E-state index is 0.284. The van der Waals surface area contributed by atoms with E-state index in [9.17, 15) is 4.79 Å². The van der Waals surface area contributed by atoms with Crippen LogP contribution in [0.3, 0.4) is 0 Å². The Balaban J connectivity index is 1.91. The van der Waals surface area contributed by atoms with Crippen LogP contribution in [0.2, 0.25) is 0 Å². The zero-order chi connectivity index (χ0) is 13.5. The maximum absolute atomic E-state index is 11.8. The van der Waals surface area contributed by atoms with Gasteiger partial charge in [-0.2, -0.15) is 0 Å². The van der Waals surface area contributed by atoms with Gasteiger partial charge < -0.3 is 9.47 Å². The summed E-state index contributed by atoms with van der Waals surface area (Å²) in [6, 6.07) is 10.9. The molecule has 0 aliphatic carbocycles. The molecule has 0 atom stereocenters. The Kier molecular flexibility index (Phi) is 4.50. The van der Waals surface area contributed by atoms with E-state index in [1.54, 1.807) is 37.7 Å². The van der Waals surface area contributed by atoms with E-state index in [0.717, 1.165) is 5.56 Å². The van der Waals surface area contributed by atoms with Crippen molar-refractivity contribution in [2.75, 3.05) is 7.11 Å². The van der Waals surface area contributed by atoms with Crippen LogP contribution in [0, 0.1) is 0 Å². The molecule has 0 N–H and O–H groups in total. The number of methoxy groups -OCH3 is 1. The van der Waals surface area contributed by atoms with Gasteiger partial charge in [-0.3, -0.25) is 9.78 Å². The lowest BCUT2D eigenvalue weighted by molar-refractivity contribution is -0.134. The van der Waals surface area contributed by atoms with Crippen LogP contribution in [-0.2, 0) is 11.2 Å².